The van der Waals surface area contributed by atoms with Gasteiger partial charge in [-0.05, 0) is 7.05 Å². The second kappa shape index (κ2) is 5.19. The predicted octanol–water partition coefficient (Wildman–Crippen LogP) is 0.440. The Morgan fingerprint density at radius 2 is 2.05 bits per heavy atom. The molecular formula is C11H14N4O4. The average Bonchev–Trinajstić information content (AvgIpc) is 2.38. The molecule has 0 atom stereocenters. The van der Waals surface area contributed by atoms with Crippen LogP contribution < -0.4 is 4.90 Å². The van der Waals surface area contributed by atoms with E-state index < -0.39 is 16.6 Å². The molecule has 1 aliphatic rings. The third-order valence-electron chi connectivity index (χ3n) is 3.12. The van der Waals surface area contributed by atoms with Gasteiger partial charge in [0.2, 0.25) is 0 Å². The first-order valence-corrected chi connectivity index (χ1v) is 5.80. The van der Waals surface area contributed by atoms with Crippen LogP contribution in [0.4, 0.5) is 11.5 Å². The summed E-state index contributed by atoms with van der Waals surface area (Å²) in [6, 6.07) is 1.27. The van der Waals surface area contributed by atoms with E-state index >= 15 is 0 Å². The summed E-state index contributed by atoms with van der Waals surface area (Å²) in [6.45, 7) is 3.14. The minimum absolute atomic E-state index is 0.325. The van der Waals surface area contributed by atoms with Gasteiger partial charge in [-0.2, -0.15) is 0 Å². The minimum Gasteiger partial charge on any atom is -0.477 e. The molecule has 2 rings (SSSR count). The summed E-state index contributed by atoms with van der Waals surface area (Å²) in [7, 11) is 2.00. The number of carboxylic acids is 1. The maximum absolute atomic E-state index is 11.1. The predicted molar refractivity (Wildman–Crippen MR) is 67.6 cm³/mol. The van der Waals surface area contributed by atoms with Gasteiger partial charge in [0.1, 0.15) is 17.6 Å². The first kappa shape index (κ1) is 13.2. The van der Waals surface area contributed by atoms with E-state index in [1.807, 2.05) is 11.9 Å². The second-order valence-electron chi connectivity index (χ2n) is 4.41. The van der Waals surface area contributed by atoms with E-state index in [1.54, 1.807) is 0 Å². The number of rotatable bonds is 3. The Hall–Kier alpha value is -2.22. The molecule has 1 fully saturated rings. The smallest absolute Gasteiger partial charge is 0.342 e. The zero-order valence-corrected chi connectivity index (χ0v) is 10.4. The van der Waals surface area contributed by atoms with Crippen LogP contribution in [0.2, 0.25) is 0 Å². The van der Waals surface area contributed by atoms with Gasteiger partial charge in [-0.3, -0.25) is 10.1 Å². The third-order valence-corrected chi connectivity index (χ3v) is 3.12. The second-order valence-corrected chi connectivity index (χ2v) is 4.41. The van der Waals surface area contributed by atoms with Crippen molar-refractivity contribution >= 4 is 17.5 Å². The molecule has 1 saturated heterocycles. The summed E-state index contributed by atoms with van der Waals surface area (Å²) >= 11 is 0. The summed E-state index contributed by atoms with van der Waals surface area (Å²) in [6.07, 6.45) is 1.01. The summed E-state index contributed by atoms with van der Waals surface area (Å²) in [5, 5.41) is 19.8. The maximum atomic E-state index is 11.1. The Bertz CT molecular complexity index is 511. The lowest BCUT2D eigenvalue weighted by Crippen LogP contribution is -2.44. The molecule has 102 valence electrons. The Morgan fingerprint density at radius 3 is 2.58 bits per heavy atom. The first-order valence-electron chi connectivity index (χ1n) is 5.80. The zero-order valence-electron chi connectivity index (χ0n) is 10.4. The number of hydrogen-bond donors (Lipinski definition) is 1. The van der Waals surface area contributed by atoms with Gasteiger partial charge in [-0.25, -0.2) is 9.78 Å². The average molecular weight is 266 g/mol. The van der Waals surface area contributed by atoms with Crippen molar-refractivity contribution in [2.45, 2.75) is 0 Å². The van der Waals surface area contributed by atoms with Crippen LogP contribution in [0.3, 0.4) is 0 Å². The SMILES string of the molecule is CN1CCN(c2cc(C(=O)O)c([N+](=O)[O-])cn2)CC1. The molecule has 2 heterocycles. The highest BCUT2D eigenvalue weighted by Crippen LogP contribution is 2.23. The number of piperazine rings is 1. The van der Waals surface area contributed by atoms with Crippen molar-refractivity contribution < 1.29 is 14.8 Å². The lowest BCUT2D eigenvalue weighted by molar-refractivity contribution is -0.385. The molecule has 8 heteroatoms. The Balaban J connectivity index is 2.30. The quantitative estimate of drug-likeness (QED) is 0.625. The summed E-state index contributed by atoms with van der Waals surface area (Å²) in [4.78, 5) is 29.1. The van der Waals surface area contributed by atoms with Crippen molar-refractivity contribution in [1.82, 2.24) is 9.88 Å². The number of carbonyl (C=O) groups is 1. The summed E-state index contributed by atoms with van der Waals surface area (Å²) < 4.78 is 0. The van der Waals surface area contributed by atoms with Crippen LogP contribution in [-0.2, 0) is 0 Å². The number of nitro groups is 1. The van der Waals surface area contributed by atoms with E-state index in [0.29, 0.717) is 5.82 Å². The molecule has 8 nitrogen and oxygen atoms in total. The number of pyridine rings is 1. The van der Waals surface area contributed by atoms with Gasteiger partial charge in [0.15, 0.2) is 0 Å². The molecule has 0 unspecified atom stereocenters. The Kier molecular flexibility index (Phi) is 3.61. The van der Waals surface area contributed by atoms with E-state index in [0.717, 1.165) is 32.4 Å². The molecule has 0 aliphatic carbocycles. The topological polar surface area (TPSA) is 99.8 Å². The van der Waals surface area contributed by atoms with Gasteiger partial charge in [0, 0.05) is 32.2 Å². The van der Waals surface area contributed by atoms with Gasteiger partial charge >= 0.3 is 11.7 Å². The fraction of sp³-hybridized carbons (Fsp3) is 0.455. The van der Waals surface area contributed by atoms with Gasteiger partial charge in [-0.15, -0.1) is 0 Å². The van der Waals surface area contributed by atoms with Crippen LogP contribution in [-0.4, -0.2) is 59.1 Å². The number of aromatic carboxylic acids is 1. The summed E-state index contributed by atoms with van der Waals surface area (Å²) in [5.74, 6) is -0.847. The monoisotopic (exact) mass is 266 g/mol. The van der Waals surface area contributed by atoms with Gasteiger partial charge in [0.25, 0.3) is 0 Å². The van der Waals surface area contributed by atoms with E-state index in [1.165, 1.54) is 6.07 Å². The van der Waals surface area contributed by atoms with Gasteiger partial charge in [-0.1, -0.05) is 0 Å². The first-order chi connectivity index (χ1) is 8.99. The van der Waals surface area contributed by atoms with Gasteiger partial charge in [0.05, 0.1) is 4.92 Å². The van der Waals surface area contributed by atoms with Crippen LogP contribution >= 0.6 is 0 Å². The third kappa shape index (κ3) is 2.79. The fourth-order valence-electron chi connectivity index (χ4n) is 1.96. The number of nitrogens with zero attached hydrogens (tertiary/aromatic N) is 4. The standard InChI is InChI=1S/C11H14N4O4/c1-13-2-4-14(5-3-13)10-6-8(11(16)17)9(7-12-10)15(18)19/h6-7H,2-5H2,1H3,(H,16,17). The van der Waals surface area contributed by atoms with Crippen molar-refractivity contribution in [3.05, 3.63) is 27.9 Å². The maximum Gasteiger partial charge on any atom is 0.342 e. The molecule has 0 radical (unpaired) electrons. The van der Waals surface area contributed by atoms with Crippen molar-refractivity contribution in [2.24, 2.45) is 0 Å². The zero-order chi connectivity index (χ0) is 14.0. The van der Waals surface area contributed by atoms with E-state index in [-0.39, 0.29) is 5.56 Å². The highest BCUT2D eigenvalue weighted by atomic mass is 16.6. The van der Waals surface area contributed by atoms with Crippen LogP contribution in [0.1, 0.15) is 10.4 Å². The van der Waals surface area contributed by atoms with Crippen molar-refractivity contribution in [3.63, 3.8) is 0 Å². The van der Waals surface area contributed by atoms with E-state index in [4.69, 9.17) is 5.11 Å². The number of carboxylic acid groups (broad SMARTS) is 1. The molecule has 0 bridgehead atoms. The minimum atomic E-state index is -1.32. The largest absolute Gasteiger partial charge is 0.477 e. The van der Waals surface area contributed by atoms with Crippen molar-refractivity contribution in [2.75, 3.05) is 38.1 Å². The van der Waals surface area contributed by atoms with Crippen LogP contribution in [0, 0.1) is 10.1 Å². The number of anilines is 1. The number of likely N-dealkylation sites (N-methyl/N-ethyl adjacent to an activating group) is 1. The lowest BCUT2D eigenvalue weighted by atomic mass is 10.2. The van der Waals surface area contributed by atoms with Crippen LogP contribution in [0.5, 0.6) is 0 Å². The molecule has 1 aliphatic heterocycles. The lowest BCUT2D eigenvalue weighted by Gasteiger charge is -2.33. The molecule has 0 aromatic carbocycles. The highest BCUT2D eigenvalue weighted by Gasteiger charge is 2.23. The highest BCUT2D eigenvalue weighted by molar-refractivity contribution is 5.93. The molecule has 1 N–H and O–H groups in total. The molecule has 0 spiro atoms. The van der Waals surface area contributed by atoms with Crippen LogP contribution in [0.15, 0.2) is 12.3 Å². The van der Waals surface area contributed by atoms with Gasteiger partial charge < -0.3 is 14.9 Å². The number of aromatic nitrogens is 1. The molecule has 0 saturated carbocycles. The van der Waals surface area contributed by atoms with Crippen molar-refractivity contribution in [1.29, 1.82) is 0 Å². The molecule has 1 aromatic rings. The van der Waals surface area contributed by atoms with E-state index in [9.17, 15) is 14.9 Å². The van der Waals surface area contributed by atoms with Crippen molar-refractivity contribution in [3.8, 4) is 0 Å². The summed E-state index contributed by atoms with van der Waals surface area (Å²) in [5.41, 5.74) is -0.806. The molecular weight excluding hydrogens is 252 g/mol. The Morgan fingerprint density at radius 1 is 1.42 bits per heavy atom. The van der Waals surface area contributed by atoms with E-state index in [2.05, 4.69) is 9.88 Å². The molecule has 19 heavy (non-hydrogen) atoms. The fourth-order valence-corrected chi connectivity index (χ4v) is 1.96. The Labute approximate surface area is 109 Å². The molecule has 1 aromatic heterocycles. The van der Waals surface area contributed by atoms with Crippen LogP contribution in [0.25, 0.3) is 0 Å². The number of hydrogen-bond acceptors (Lipinski definition) is 6. The normalized spacial score (nSPS) is 16.4. The molecule has 0 amide bonds.